The minimum absolute atomic E-state index is 1.10. The molecule has 0 fully saturated rings. The van der Waals surface area contributed by atoms with E-state index in [0.717, 1.165) is 6.42 Å². The Balaban J connectivity index is 2.51. The van der Waals surface area contributed by atoms with Gasteiger partial charge in [-0.05, 0) is 53.3 Å². The molecule has 0 radical (unpaired) electrons. The Morgan fingerprint density at radius 2 is 2.00 bits per heavy atom. The summed E-state index contributed by atoms with van der Waals surface area (Å²) in [7, 11) is 0. The normalized spacial score (nSPS) is 16.5. The molecule has 0 heterocycles. The van der Waals surface area contributed by atoms with Gasteiger partial charge in [-0.1, -0.05) is 36.4 Å². The molecule has 0 saturated heterocycles. The maximum atomic E-state index is 2.28. The Kier molecular flexibility index (Phi) is 1.72. The van der Waals surface area contributed by atoms with Crippen LogP contribution in [0.3, 0.4) is 0 Å². The lowest BCUT2D eigenvalue weighted by molar-refractivity contribution is 1.36. The van der Waals surface area contributed by atoms with Crippen LogP contribution in [0.4, 0.5) is 0 Å². The van der Waals surface area contributed by atoms with Crippen LogP contribution in [0.5, 0.6) is 0 Å². The molecule has 0 N–H and O–H groups in total. The van der Waals surface area contributed by atoms with Gasteiger partial charge in [0.15, 0.2) is 0 Å². The second-order valence-electron chi connectivity index (χ2n) is 4.26. The van der Waals surface area contributed by atoms with Gasteiger partial charge >= 0.3 is 0 Å². The van der Waals surface area contributed by atoms with Gasteiger partial charge in [-0.15, -0.1) is 0 Å². The van der Waals surface area contributed by atoms with Gasteiger partial charge < -0.3 is 0 Å². The highest BCUT2D eigenvalue weighted by Crippen LogP contribution is 2.38. The Morgan fingerprint density at radius 1 is 1.13 bits per heavy atom. The predicted octanol–water partition coefficient (Wildman–Crippen LogP) is 4.11. The molecular formula is C15H14. The van der Waals surface area contributed by atoms with Crippen molar-refractivity contribution in [1.82, 2.24) is 0 Å². The van der Waals surface area contributed by atoms with E-state index in [1.54, 1.807) is 0 Å². The Hall–Kier alpha value is -1.56. The molecule has 1 aliphatic rings. The van der Waals surface area contributed by atoms with E-state index in [0.29, 0.717) is 0 Å². The molecule has 0 atom stereocenters. The lowest BCUT2D eigenvalue weighted by Crippen LogP contribution is -1.81. The second-order valence-corrected chi connectivity index (χ2v) is 4.26. The van der Waals surface area contributed by atoms with E-state index in [9.17, 15) is 0 Å². The van der Waals surface area contributed by atoms with Gasteiger partial charge in [-0.25, -0.2) is 0 Å². The van der Waals surface area contributed by atoms with Crippen LogP contribution in [-0.2, 0) is 6.42 Å². The predicted molar refractivity (Wildman–Crippen MR) is 66.0 cm³/mol. The highest BCUT2D eigenvalue weighted by atomic mass is 14.2. The number of aryl methyl sites for hydroxylation is 1. The summed E-state index contributed by atoms with van der Waals surface area (Å²) < 4.78 is 0. The summed E-state index contributed by atoms with van der Waals surface area (Å²) in [6, 6.07) is 11.2. The van der Waals surface area contributed by atoms with Crippen LogP contribution in [0.1, 0.15) is 23.6 Å². The SMILES string of the molecule is C/C=C1\Cc2ccc(C)c3cccc1c23. The molecule has 0 amide bonds. The molecule has 1 aliphatic carbocycles. The van der Waals surface area contributed by atoms with E-state index in [4.69, 9.17) is 0 Å². The molecule has 2 aromatic rings. The maximum Gasteiger partial charge on any atom is -0.00165 e. The molecule has 0 nitrogen and oxygen atoms in total. The first-order valence-electron chi connectivity index (χ1n) is 5.48. The fourth-order valence-electron chi connectivity index (χ4n) is 2.60. The van der Waals surface area contributed by atoms with E-state index in [1.807, 2.05) is 0 Å². The average molecular weight is 194 g/mol. The van der Waals surface area contributed by atoms with Gasteiger partial charge in [-0.2, -0.15) is 0 Å². The summed E-state index contributed by atoms with van der Waals surface area (Å²) >= 11 is 0. The minimum atomic E-state index is 1.10. The highest BCUT2D eigenvalue weighted by Gasteiger charge is 2.18. The topological polar surface area (TPSA) is 0 Å². The third-order valence-electron chi connectivity index (χ3n) is 3.42. The van der Waals surface area contributed by atoms with E-state index < -0.39 is 0 Å². The van der Waals surface area contributed by atoms with Gasteiger partial charge in [0, 0.05) is 0 Å². The monoisotopic (exact) mass is 194 g/mol. The number of hydrogen-bond donors (Lipinski definition) is 0. The molecule has 0 saturated carbocycles. The second kappa shape index (κ2) is 2.96. The van der Waals surface area contributed by atoms with Crippen molar-refractivity contribution >= 4 is 16.3 Å². The van der Waals surface area contributed by atoms with E-state index >= 15 is 0 Å². The molecule has 0 aromatic heterocycles. The first kappa shape index (κ1) is 8.72. The van der Waals surface area contributed by atoms with Gasteiger partial charge in [0.1, 0.15) is 0 Å². The van der Waals surface area contributed by atoms with Crippen molar-refractivity contribution in [3.63, 3.8) is 0 Å². The molecule has 0 unspecified atom stereocenters. The molecule has 0 spiro atoms. The quantitative estimate of drug-likeness (QED) is 0.592. The van der Waals surface area contributed by atoms with Crippen molar-refractivity contribution in [2.24, 2.45) is 0 Å². The average Bonchev–Trinajstić information content (AvgIpc) is 2.64. The Bertz CT molecular complexity index is 574. The largest absolute Gasteiger partial charge is 0.0835 e. The van der Waals surface area contributed by atoms with E-state index in [1.165, 1.54) is 33.0 Å². The zero-order valence-electron chi connectivity index (χ0n) is 9.17. The van der Waals surface area contributed by atoms with Gasteiger partial charge in [0.05, 0.1) is 0 Å². The maximum absolute atomic E-state index is 2.28. The van der Waals surface area contributed by atoms with Crippen LogP contribution in [0.25, 0.3) is 16.3 Å². The lowest BCUT2D eigenvalue weighted by Gasteiger charge is -2.04. The molecule has 0 aliphatic heterocycles. The first-order valence-corrected chi connectivity index (χ1v) is 5.48. The number of benzene rings is 2. The van der Waals surface area contributed by atoms with Crippen molar-refractivity contribution in [2.75, 3.05) is 0 Å². The summed E-state index contributed by atoms with van der Waals surface area (Å²) in [6.07, 6.45) is 3.34. The molecule has 3 rings (SSSR count). The third-order valence-corrected chi connectivity index (χ3v) is 3.42. The Morgan fingerprint density at radius 3 is 2.80 bits per heavy atom. The van der Waals surface area contributed by atoms with Crippen molar-refractivity contribution in [3.8, 4) is 0 Å². The molecule has 2 aromatic carbocycles. The summed E-state index contributed by atoms with van der Waals surface area (Å²) in [5.41, 5.74) is 5.78. The zero-order chi connectivity index (χ0) is 10.4. The minimum Gasteiger partial charge on any atom is -0.0835 e. The van der Waals surface area contributed by atoms with Crippen molar-refractivity contribution in [1.29, 1.82) is 0 Å². The van der Waals surface area contributed by atoms with Crippen molar-refractivity contribution in [3.05, 3.63) is 53.1 Å². The van der Waals surface area contributed by atoms with Crippen molar-refractivity contribution in [2.45, 2.75) is 20.3 Å². The summed E-state index contributed by atoms with van der Waals surface area (Å²) in [6.45, 7) is 4.32. The fourth-order valence-corrected chi connectivity index (χ4v) is 2.60. The smallest absolute Gasteiger partial charge is 0.00165 e. The lowest BCUT2D eigenvalue weighted by atomic mass is 10.0. The first-order chi connectivity index (χ1) is 7.31. The molecule has 0 heteroatoms. The number of allylic oxidation sites excluding steroid dienone is 2. The van der Waals surface area contributed by atoms with Crippen LogP contribution in [-0.4, -0.2) is 0 Å². The van der Waals surface area contributed by atoms with E-state index in [-0.39, 0.29) is 0 Å². The Labute approximate surface area is 90.2 Å². The van der Waals surface area contributed by atoms with Gasteiger partial charge in [0.2, 0.25) is 0 Å². The van der Waals surface area contributed by atoms with Crippen LogP contribution in [0, 0.1) is 6.92 Å². The van der Waals surface area contributed by atoms with Crippen LogP contribution >= 0.6 is 0 Å². The molecule has 0 bridgehead atoms. The number of rotatable bonds is 0. The van der Waals surface area contributed by atoms with Gasteiger partial charge in [-0.3, -0.25) is 0 Å². The molecule has 74 valence electrons. The highest BCUT2D eigenvalue weighted by molar-refractivity contribution is 6.02. The zero-order valence-corrected chi connectivity index (χ0v) is 9.17. The summed E-state index contributed by atoms with van der Waals surface area (Å²) in [5.74, 6) is 0. The fraction of sp³-hybridized carbons (Fsp3) is 0.200. The van der Waals surface area contributed by atoms with Gasteiger partial charge in [0.25, 0.3) is 0 Å². The standard InChI is InChI=1S/C15H14/c1-3-11-9-12-8-7-10(2)13-5-4-6-14(11)15(12)13/h3-8H,9H2,1-2H3/b11-3+. The number of hydrogen-bond acceptors (Lipinski definition) is 0. The summed E-state index contributed by atoms with van der Waals surface area (Å²) in [5, 5.41) is 2.90. The van der Waals surface area contributed by atoms with Crippen LogP contribution in [0.15, 0.2) is 36.4 Å². The van der Waals surface area contributed by atoms with Crippen LogP contribution in [0.2, 0.25) is 0 Å². The van der Waals surface area contributed by atoms with Crippen LogP contribution < -0.4 is 0 Å². The molecule has 15 heavy (non-hydrogen) atoms. The van der Waals surface area contributed by atoms with E-state index in [2.05, 4.69) is 50.3 Å². The summed E-state index contributed by atoms with van der Waals surface area (Å²) in [4.78, 5) is 0. The third kappa shape index (κ3) is 1.08. The van der Waals surface area contributed by atoms with Crippen molar-refractivity contribution < 1.29 is 0 Å². The molecular weight excluding hydrogens is 180 g/mol.